The maximum Gasteiger partial charge on any atom is 0.341 e. The van der Waals surface area contributed by atoms with E-state index >= 15 is 0 Å². The van der Waals surface area contributed by atoms with Gasteiger partial charge in [0, 0.05) is 10.4 Å². The van der Waals surface area contributed by atoms with Gasteiger partial charge in [0.1, 0.15) is 5.00 Å². The predicted molar refractivity (Wildman–Crippen MR) is 84.2 cm³/mol. The smallest absolute Gasteiger partial charge is 0.341 e. The third-order valence-electron chi connectivity index (χ3n) is 3.10. The van der Waals surface area contributed by atoms with E-state index in [2.05, 4.69) is 21.2 Å². The summed E-state index contributed by atoms with van der Waals surface area (Å²) in [5, 5.41) is 3.19. The van der Waals surface area contributed by atoms with E-state index in [1.807, 2.05) is 13.8 Å². The summed E-state index contributed by atoms with van der Waals surface area (Å²) in [5.41, 5.74) is 1.90. The van der Waals surface area contributed by atoms with Crippen molar-refractivity contribution >= 4 is 44.1 Å². The van der Waals surface area contributed by atoms with Crippen LogP contribution >= 0.6 is 27.3 Å². The molecule has 112 valence electrons. The van der Waals surface area contributed by atoms with Gasteiger partial charge in [0.05, 0.1) is 12.7 Å². The molecule has 1 amide bonds. The molecule has 0 aromatic carbocycles. The van der Waals surface area contributed by atoms with Gasteiger partial charge in [-0.2, -0.15) is 0 Å². The van der Waals surface area contributed by atoms with E-state index < -0.39 is 11.9 Å². The van der Waals surface area contributed by atoms with Crippen molar-refractivity contribution in [3.05, 3.63) is 38.1 Å². The van der Waals surface area contributed by atoms with E-state index in [4.69, 9.17) is 9.15 Å². The van der Waals surface area contributed by atoms with Crippen LogP contribution in [0.15, 0.2) is 15.2 Å². The van der Waals surface area contributed by atoms with Gasteiger partial charge in [-0.25, -0.2) is 4.79 Å². The first-order valence-electron chi connectivity index (χ1n) is 6.10. The van der Waals surface area contributed by atoms with Crippen molar-refractivity contribution in [2.75, 3.05) is 12.4 Å². The highest BCUT2D eigenvalue weighted by atomic mass is 79.9. The number of esters is 1. The van der Waals surface area contributed by atoms with E-state index in [1.165, 1.54) is 18.4 Å². The van der Waals surface area contributed by atoms with Crippen molar-refractivity contribution in [3.63, 3.8) is 0 Å². The SMILES string of the molecule is COC(=O)c1c(NC(=O)c2oc(Br)cc2C)sc(C)c1C. The van der Waals surface area contributed by atoms with Crippen LogP contribution < -0.4 is 5.32 Å². The van der Waals surface area contributed by atoms with Crippen LogP contribution in [-0.4, -0.2) is 19.0 Å². The summed E-state index contributed by atoms with van der Waals surface area (Å²) in [5.74, 6) is -0.657. The number of carbonyl (C=O) groups excluding carboxylic acids is 2. The minimum absolute atomic E-state index is 0.210. The van der Waals surface area contributed by atoms with Gasteiger partial charge in [-0.1, -0.05) is 0 Å². The number of hydrogen-bond donors (Lipinski definition) is 1. The number of rotatable bonds is 3. The predicted octanol–water partition coefficient (Wildman–Crippen LogP) is 4.07. The number of methoxy groups -OCH3 is 1. The fourth-order valence-electron chi connectivity index (χ4n) is 1.89. The monoisotopic (exact) mass is 371 g/mol. The fourth-order valence-corrected chi connectivity index (χ4v) is 3.44. The third-order valence-corrected chi connectivity index (χ3v) is 4.61. The summed E-state index contributed by atoms with van der Waals surface area (Å²) < 4.78 is 10.6. The van der Waals surface area contributed by atoms with Crippen LogP contribution in [0.1, 0.15) is 36.9 Å². The molecule has 0 bridgehead atoms. The molecule has 0 atom stereocenters. The van der Waals surface area contributed by atoms with Gasteiger partial charge in [0.2, 0.25) is 0 Å². The number of amides is 1. The Kier molecular flexibility index (Phi) is 4.53. The number of ether oxygens (including phenoxy) is 1. The van der Waals surface area contributed by atoms with Crippen molar-refractivity contribution in [1.82, 2.24) is 0 Å². The van der Waals surface area contributed by atoms with Crippen LogP contribution in [0.5, 0.6) is 0 Å². The third kappa shape index (κ3) is 3.03. The molecule has 2 aromatic rings. The zero-order valence-electron chi connectivity index (χ0n) is 12.0. The minimum Gasteiger partial charge on any atom is -0.465 e. The average molecular weight is 372 g/mol. The van der Waals surface area contributed by atoms with Crippen LogP contribution in [0, 0.1) is 20.8 Å². The second-order valence-electron chi connectivity index (χ2n) is 4.50. The van der Waals surface area contributed by atoms with Gasteiger partial charge in [-0.3, -0.25) is 4.79 Å². The molecular formula is C14H14BrNO4S. The topological polar surface area (TPSA) is 68.5 Å². The van der Waals surface area contributed by atoms with E-state index in [9.17, 15) is 9.59 Å². The molecular weight excluding hydrogens is 358 g/mol. The zero-order chi connectivity index (χ0) is 15.7. The Labute approximate surface area is 134 Å². The Hall–Kier alpha value is -1.60. The molecule has 0 aliphatic rings. The molecule has 0 radical (unpaired) electrons. The quantitative estimate of drug-likeness (QED) is 0.825. The van der Waals surface area contributed by atoms with Gasteiger partial charge in [-0.15, -0.1) is 11.3 Å². The normalized spacial score (nSPS) is 10.5. The molecule has 7 heteroatoms. The maximum atomic E-state index is 12.3. The number of aryl methyl sites for hydroxylation is 2. The lowest BCUT2D eigenvalue weighted by Gasteiger charge is -2.05. The summed E-state index contributed by atoms with van der Waals surface area (Å²) in [6.45, 7) is 5.48. The Morgan fingerprint density at radius 2 is 2.00 bits per heavy atom. The molecule has 2 rings (SSSR count). The second-order valence-corrected chi connectivity index (χ2v) is 6.50. The molecule has 0 fully saturated rings. The number of nitrogens with one attached hydrogen (secondary N) is 1. The number of thiophene rings is 1. The highest BCUT2D eigenvalue weighted by Crippen LogP contribution is 2.33. The van der Waals surface area contributed by atoms with E-state index in [-0.39, 0.29) is 5.76 Å². The lowest BCUT2D eigenvalue weighted by molar-refractivity contribution is 0.0601. The van der Waals surface area contributed by atoms with Crippen molar-refractivity contribution in [3.8, 4) is 0 Å². The Morgan fingerprint density at radius 1 is 1.33 bits per heavy atom. The Morgan fingerprint density at radius 3 is 2.52 bits per heavy atom. The molecule has 0 spiro atoms. The fraction of sp³-hybridized carbons (Fsp3) is 0.286. The summed E-state index contributed by atoms with van der Waals surface area (Å²) >= 11 is 4.52. The van der Waals surface area contributed by atoms with Crippen molar-refractivity contribution < 1.29 is 18.7 Å². The van der Waals surface area contributed by atoms with Crippen LogP contribution in [0.25, 0.3) is 0 Å². The first-order chi connectivity index (χ1) is 9.85. The standard InChI is InChI=1S/C14H14BrNO4S/c1-6-5-9(15)20-11(6)12(17)16-13-10(14(18)19-4)7(2)8(3)21-13/h5H,1-4H3,(H,16,17). The van der Waals surface area contributed by atoms with Gasteiger partial charge in [0.15, 0.2) is 10.4 Å². The lowest BCUT2D eigenvalue weighted by atomic mass is 10.1. The molecule has 21 heavy (non-hydrogen) atoms. The lowest BCUT2D eigenvalue weighted by Crippen LogP contribution is -2.14. The molecule has 0 aliphatic carbocycles. The molecule has 2 heterocycles. The van der Waals surface area contributed by atoms with Crippen molar-refractivity contribution in [2.24, 2.45) is 0 Å². The summed E-state index contributed by atoms with van der Waals surface area (Å²) in [7, 11) is 1.31. The van der Waals surface area contributed by atoms with E-state index in [0.29, 0.717) is 20.8 Å². The van der Waals surface area contributed by atoms with Crippen LogP contribution in [0.4, 0.5) is 5.00 Å². The van der Waals surface area contributed by atoms with Crippen LogP contribution in [0.2, 0.25) is 0 Å². The molecule has 0 saturated carbocycles. The minimum atomic E-state index is -0.468. The highest BCUT2D eigenvalue weighted by molar-refractivity contribution is 9.10. The molecule has 5 nitrogen and oxygen atoms in total. The summed E-state index contributed by atoms with van der Waals surface area (Å²) in [6, 6.07) is 1.71. The number of carbonyl (C=O) groups is 2. The molecule has 1 N–H and O–H groups in total. The number of furan rings is 1. The summed E-state index contributed by atoms with van der Waals surface area (Å²) in [6.07, 6.45) is 0. The molecule has 0 unspecified atom stereocenters. The maximum absolute atomic E-state index is 12.3. The average Bonchev–Trinajstić information content (AvgIpc) is 2.89. The van der Waals surface area contributed by atoms with Crippen molar-refractivity contribution in [2.45, 2.75) is 20.8 Å². The zero-order valence-corrected chi connectivity index (χ0v) is 14.4. The highest BCUT2D eigenvalue weighted by Gasteiger charge is 2.23. The number of anilines is 1. The summed E-state index contributed by atoms with van der Waals surface area (Å²) in [4.78, 5) is 25.1. The largest absolute Gasteiger partial charge is 0.465 e. The van der Waals surface area contributed by atoms with Gasteiger partial charge in [-0.05, 0) is 48.3 Å². The molecule has 2 aromatic heterocycles. The molecule has 0 saturated heterocycles. The van der Waals surface area contributed by atoms with Crippen LogP contribution in [-0.2, 0) is 4.74 Å². The number of halogens is 1. The Balaban J connectivity index is 2.36. The number of hydrogen-bond acceptors (Lipinski definition) is 5. The Bertz CT molecular complexity index is 717. The van der Waals surface area contributed by atoms with E-state index in [0.717, 1.165) is 10.4 Å². The second kappa shape index (κ2) is 6.03. The van der Waals surface area contributed by atoms with Gasteiger partial charge < -0.3 is 14.5 Å². The van der Waals surface area contributed by atoms with E-state index in [1.54, 1.807) is 13.0 Å². The molecule has 0 aliphatic heterocycles. The van der Waals surface area contributed by atoms with Gasteiger partial charge in [0.25, 0.3) is 5.91 Å². The van der Waals surface area contributed by atoms with Crippen molar-refractivity contribution in [1.29, 1.82) is 0 Å². The first-order valence-corrected chi connectivity index (χ1v) is 7.71. The first kappa shape index (κ1) is 15.8. The van der Waals surface area contributed by atoms with Crippen LogP contribution in [0.3, 0.4) is 0 Å². The van der Waals surface area contributed by atoms with Gasteiger partial charge >= 0.3 is 5.97 Å².